The summed E-state index contributed by atoms with van der Waals surface area (Å²) in [6, 6.07) is 0. The van der Waals surface area contributed by atoms with Crippen LogP contribution in [0.25, 0.3) is 0 Å². The molecule has 0 unspecified atom stereocenters. The fourth-order valence-electron chi connectivity index (χ4n) is 1.83. The Morgan fingerprint density at radius 1 is 0.889 bits per heavy atom. The molecule has 9 heavy (non-hydrogen) atoms. The molecule has 0 spiro atoms. The Morgan fingerprint density at radius 3 is 2.56 bits per heavy atom. The number of hydrogen-bond acceptors (Lipinski definition) is 0. The molecule has 0 heterocycles. The number of fused-ring (bicyclic) bond motifs is 1. The summed E-state index contributed by atoms with van der Waals surface area (Å²) in [5, 5.41) is 0. The van der Waals surface area contributed by atoms with Crippen molar-refractivity contribution in [2.75, 3.05) is 0 Å². The molecule has 0 N–H and O–H groups in total. The molecule has 2 rings (SSSR count). The predicted molar refractivity (Wildman–Crippen MR) is 39.1 cm³/mol. The highest BCUT2D eigenvalue weighted by molar-refractivity contribution is 5.08. The van der Waals surface area contributed by atoms with E-state index in [2.05, 4.69) is 24.3 Å². The van der Waals surface area contributed by atoms with Crippen LogP contribution in [0, 0.1) is 11.8 Å². The van der Waals surface area contributed by atoms with E-state index in [1.165, 1.54) is 19.3 Å². The summed E-state index contributed by atoms with van der Waals surface area (Å²) in [5.74, 6) is 1.87. The van der Waals surface area contributed by atoms with Gasteiger partial charge in [-0.1, -0.05) is 24.3 Å². The van der Waals surface area contributed by atoms with Crippen LogP contribution >= 0.6 is 0 Å². The zero-order valence-corrected chi connectivity index (χ0v) is 5.59. The first kappa shape index (κ1) is 5.28. The maximum absolute atomic E-state index is 2.38. The van der Waals surface area contributed by atoms with Gasteiger partial charge in [-0.15, -0.1) is 0 Å². The molecule has 0 bridgehead atoms. The normalized spacial score (nSPS) is 39.1. The lowest BCUT2D eigenvalue weighted by Gasteiger charge is -2.19. The number of allylic oxidation sites excluding steroid dienone is 4. The van der Waals surface area contributed by atoms with Gasteiger partial charge in [0.1, 0.15) is 0 Å². The van der Waals surface area contributed by atoms with E-state index in [9.17, 15) is 0 Å². The van der Waals surface area contributed by atoms with E-state index in [4.69, 9.17) is 0 Å². The van der Waals surface area contributed by atoms with Crippen molar-refractivity contribution in [3.05, 3.63) is 24.3 Å². The molecule has 0 heteroatoms. The highest BCUT2D eigenvalue weighted by atomic mass is 14.3. The molecule has 0 aromatic carbocycles. The Labute approximate surface area is 56.3 Å². The Morgan fingerprint density at radius 2 is 1.67 bits per heavy atom. The van der Waals surface area contributed by atoms with Crippen molar-refractivity contribution < 1.29 is 0 Å². The van der Waals surface area contributed by atoms with Gasteiger partial charge >= 0.3 is 0 Å². The molecule has 2 atom stereocenters. The van der Waals surface area contributed by atoms with E-state index >= 15 is 0 Å². The van der Waals surface area contributed by atoms with Crippen LogP contribution in [0.15, 0.2) is 24.3 Å². The summed E-state index contributed by atoms with van der Waals surface area (Å²) in [5.41, 5.74) is 0. The molecule has 48 valence electrons. The standard InChI is InChI=1S/C9H12/c1-2-5-9-7-3-6-8(9)4-1/h1-3,6,8-9H,4-5,7H2/t8-,9+/m0/s1. The van der Waals surface area contributed by atoms with Gasteiger partial charge in [0.05, 0.1) is 0 Å². The number of hydrogen-bond donors (Lipinski definition) is 0. The SMILES string of the molecule is C1=CC[C@H]2C=CC[C@H]2C1. The third kappa shape index (κ3) is 0.827. The molecule has 0 fully saturated rings. The van der Waals surface area contributed by atoms with Crippen molar-refractivity contribution in [2.24, 2.45) is 11.8 Å². The Hall–Kier alpha value is -0.520. The van der Waals surface area contributed by atoms with Gasteiger partial charge in [-0.05, 0) is 31.1 Å². The fourth-order valence-corrected chi connectivity index (χ4v) is 1.83. The van der Waals surface area contributed by atoms with E-state index in [-0.39, 0.29) is 0 Å². The molecule has 0 amide bonds. The smallest absolute Gasteiger partial charge is 0.0165 e. The van der Waals surface area contributed by atoms with Crippen LogP contribution in [0.2, 0.25) is 0 Å². The van der Waals surface area contributed by atoms with Crippen molar-refractivity contribution in [2.45, 2.75) is 19.3 Å². The molecule has 0 radical (unpaired) electrons. The van der Waals surface area contributed by atoms with Crippen LogP contribution in [0.5, 0.6) is 0 Å². The molecule has 0 saturated carbocycles. The molecular weight excluding hydrogens is 108 g/mol. The van der Waals surface area contributed by atoms with Crippen LogP contribution < -0.4 is 0 Å². The average Bonchev–Trinajstić information content (AvgIpc) is 2.33. The average molecular weight is 120 g/mol. The lowest BCUT2D eigenvalue weighted by molar-refractivity contribution is 0.415. The Balaban J connectivity index is 2.13. The number of rotatable bonds is 0. The van der Waals surface area contributed by atoms with Crippen molar-refractivity contribution in [3.63, 3.8) is 0 Å². The van der Waals surface area contributed by atoms with Gasteiger partial charge in [-0.3, -0.25) is 0 Å². The lowest BCUT2D eigenvalue weighted by atomic mass is 9.86. The second-order valence-corrected chi connectivity index (χ2v) is 3.03. The van der Waals surface area contributed by atoms with Gasteiger partial charge in [0.2, 0.25) is 0 Å². The second kappa shape index (κ2) is 2.02. The van der Waals surface area contributed by atoms with E-state index in [1.807, 2.05) is 0 Å². The van der Waals surface area contributed by atoms with Crippen molar-refractivity contribution in [1.82, 2.24) is 0 Å². The molecule has 0 aliphatic heterocycles. The van der Waals surface area contributed by atoms with Gasteiger partial charge < -0.3 is 0 Å². The summed E-state index contributed by atoms with van der Waals surface area (Å²) in [4.78, 5) is 0. The lowest BCUT2D eigenvalue weighted by Crippen LogP contribution is -2.09. The summed E-state index contributed by atoms with van der Waals surface area (Å²) in [7, 11) is 0. The van der Waals surface area contributed by atoms with E-state index in [1.54, 1.807) is 0 Å². The molecule has 0 saturated heterocycles. The Bertz CT molecular complexity index is 153. The first-order valence-electron chi connectivity index (χ1n) is 3.78. The van der Waals surface area contributed by atoms with E-state index in [0.29, 0.717) is 0 Å². The van der Waals surface area contributed by atoms with E-state index in [0.717, 1.165) is 11.8 Å². The molecule has 0 aromatic rings. The maximum atomic E-state index is 2.38. The Kier molecular flexibility index (Phi) is 1.18. The van der Waals surface area contributed by atoms with Gasteiger partial charge in [0.15, 0.2) is 0 Å². The van der Waals surface area contributed by atoms with Crippen molar-refractivity contribution in [1.29, 1.82) is 0 Å². The monoisotopic (exact) mass is 120 g/mol. The first-order chi connectivity index (χ1) is 4.47. The summed E-state index contributed by atoms with van der Waals surface area (Å²) >= 11 is 0. The summed E-state index contributed by atoms with van der Waals surface area (Å²) < 4.78 is 0. The zero-order valence-electron chi connectivity index (χ0n) is 5.59. The summed E-state index contributed by atoms with van der Waals surface area (Å²) in [6.07, 6.45) is 13.3. The van der Waals surface area contributed by atoms with Crippen molar-refractivity contribution >= 4 is 0 Å². The molecule has 0 nitrogen and oxygen atoms in total. The van der Waals surface area contributed by atoms with Crippen LogP contribution in [-0.4, -0.2) is 0 Å². The molecule has 2 aliphatic carbocycles. The van der Waals surface area contributed by atoms with E-state index < -0.39 is 0 Å². The minimum atomic E-state index is 0.898. The minimum Gasteiger partial charge on any atom is -0.0882 e. The van der Waals surface area contributed by atoms with Gasteiger partial charge in [-0.25, -0.2) is 0 Å². The third-order valence-electron chi connectivity index (χ3n) is 2.44. The topological polar surface area (TPSA) is 0 Å². The maximum Gasteiger partial charge on any atom is -0.0165 e. The van der Waals surface area contributed by atoms with Crippen LogP contribution in [-0.2, 0) is 0 Å². The third-order valence-corrected chi connectivity index (χ3v) is 2.44. The van der Waals surface area contributed by atoms with Crippen LogP contribution in [0.1, 0.15) is 19.3 Å². The van der Waals surface area contributed by atoms with Crippen LogP contribution in [0.4, 0.5) is 0 Å². The second-order valence-electron chi connectivity index (χ2n) is 3.03. The highest BCUT2D eigenvalue weighted by Gasteiger charge is 2.22. The first-order valence-corrected chi connectivity index (χ1v) is 3.78. The quantitative estimate of drug-likeness (QED) is 0.431. The highest BCUT2D eigenvalue weighted by Crippen LogP contribution is 2.33. The van der Waals surface area contributed by atoms with Crippen molar-refractivity contribution in [3.8, 4) is 0 Å². The van der Waals surface area contributed by atoms with Gasteiger partial charge in [0, 0.05) is 0 Å². The predicted octanol–water partition coefficient (Wildman–Crippen LogP) is 2.53. The molecule has 2 aliphatic rings. The zero-order chi connectivity index (χ0) is 6.10. The molecule has 0 aromatic heterocycles. The molecular formula is C9H12. The van der Waals surface area contributed by atoms with Crippen LogP contribution in [0.3, 0.4) is 0 Å². The van der Waals surface area contributed by atoms with Gasteiger partial charge in [-0.2, -0.15) is 0 Å². The largest absolute Gasteiger partial charge is 0.0882 e. The fraction of sp³-hybridized carbons (Fsp3) is 0.556. The summed E-state index contributed by atoms with van der Waals surface area (Å²) in [6.45, 7) is 0. The van der Waals surface area contributed by atoms with Gasteiger partial charge in [0.25, 0.3) is 0 Å². The minimum absolute atomic E-state index is 0.898.